The van der Waals surface area contributed by atoms with Gasteiger partial charge in [0.2, 0.25) is 0 Å². The maximum atomic E-state index is 13.9. The highest BCUT2D eigenvalue weighted by Crippen LogP contribution is 2.16. The molecule has 1 heterocycles. The Labute approximate surface area is 169 Å². The number of hydrogen-bond acceptors (Lipinski definition) is 4. The van der Waals surface area contributed by atoms with Crippen LogP contribution in [-0.2, 0) is 17.8 Å². The van der Waals surface area contributed by atoms with Crippen LogP contribution in [0.4, 0.5) is 10.1 Å². The van der Waals surface area contributed by atoms with Crippen LogP contribution in [0.15, 0.2) is 53.5 Å². The van der Waals surface area contributed by atoms with Gasteiger partial charge >= 0.3 is 0 Å². The Morgan fingerprint density at radius 2 is 2.07 bits per heavy atom. The quantitative estimate of drug-likeness (QED) is 0.321. The van der Waals surface area contributed by atoms with Crippen molar-refractivity contribution in [1.29, 1.82) is 0 Å². The van der Waals surface area contributed by atoms with Gasteiger partial charge in [0.05, 0.1) is 23.6 Å². The topological polar surface area (TPSA) is 88.8 Å². The van der Waals surface area contributed by atoms with Gasteiger partial charge in [0.1, 0.15) is 5.82 Å². The molecular formula is C21H25FN4O3. The van der Waals surface area contributed by atoms with E-state index >= 15 is 0 Å². The van der Waals surface area contributed by atoms with Crippen molar-refractivity contribution >= 4 is 11.6 Å². The van der Waals surface area contributed by atoms with Crippen LogP contribution < -0.4 is 10.6 Å². The molecule has 2 unspecified atom stereocenters. The highest BCUT2D eigenvalue weighted by atomic mass is 19.1. The van der Waals surface area contributed by atoms with Gasteiger partial charge in [-0.3, -0.25) is 10.1 Å². The zero-order valence-corrected chi connectivity index (χ0v) is 16.3. The Morgan fingerprint density at radius 1 is 1.31 bits per heavy atom. The van der Waals surface area contributed by atoms with Gasteiger partial charge in [-0.2, -0.15) is 0 Å². The van der Waals surface area contributed by atoms with Gasteiger partial charge in [-0.25, -0.2) is 9.38 Å². The van der Waals surface area contributed by atoms with Gasteiger partial charge in [0.25, 0.3) is 5.69 Å². The number of rotatable bonds is 7. The monoisotopic (exact) mass is 400 g/mol. The van der Waals surface area contributed by atoms with Gasteiger partial charge in [-0.05, 0) is 31.4 Å². The van der Waals surface area contributed by atoms with E-state index in [1.807, 2.05) is 6.92 Å². The maximum absolute atomic E-state index is 13.9. The van der Waals surface area contributed by atoms with E-state index in [9.17, 15) is 14.5 Å². The second-order valence-corrected chi connectivity index (χ2v) is 7.02. The molecule has 2 N–H and O–H groups in total. The fraction of sp³-hybridized carbons (Fsp3) is 0.381. The number of non-ortho nitro benzene ring substituents is 1. The first-order chi connectivity index (χ1) is 14.0. The third-order valence-corrected chi connectivity index (χ3v) is 4.86. The van der Waals surface area contributed by atoms with Gasteiger partial charge in [-0.15, -0.1) is 0 Å². The number of nitrogens with zero attached hydrogens (tertiary/aromatic N) is 2. The summed E-state index contributed by atoms with van der Waals surface area (Å²) in [5, 5.41) is 17.3. The molecule has 2 atom stereocenters. The Hall–Kier alpha value is -3.00. The van der Waals surface area contributed by atoms with Crippen molar-refractivity contribution in [2.45, 2.75) is 45.0 Å². The second kappa shape index (κ2) is 9.97. The summed E-state index contributed by atoms with van der Waals surface area (Å²) in [6.07, 6.45) is 2.13. The van der Waals surface area contributed by atoms with Crippen LogP contribution in [0.1, 0.15) is 30.9 Å². The molecule has 154 valence electrons. The van der Waals surface area contributed by atoms with Crippen LogP contribution in [0.25, 0.3) is 0 Å². The van der Waals surface area contributed by atoms with Crippen molar-refractivity contribution in [3.8, 4) is 0 Å². The van der Waals surface area contributed by atoms with Crippen molar-refractivity contribution in [2.24, 2.45) is 4.99 Å². The lowest BCUT2D eigenvalue weighted by Gasteiger charge is -2.23. The molecule has 0 spiro atoms. The van der Waals surface area contributed by atoms with Crippen LogP contribution in [0.3, 0.4) is 0 Å². The number of nitrogens with one attached hydrogen (secondary N) is 2. The van der Waals surface area contributed by atoms with Crippen LogP contribution >= 0.6 is 0 Å². The number of nitro benzene ring substituents is 1. The van der Waals surface area contributed by atoms with E-state index in [1.54, 1.807) is 30.3 Å². The molecule has 0 saturated carbocycles. The van der Waals surface area contributed by atoms with Crippen molar-refractivity contribution in [3.05, 3.63) is 75.6 Å². The van der Waals surface area contributed by atoms with Crippen LogP contribution in [-0.4, -0.2) is 29.6 Å². The third kappa shape index (κ3) is 5.99. The number of halogens is 1. The van der Waals surface area contributed by atoms with Gasteiger partial charge in [-0.1, -0.05) is 30.3 Å². The lowest BCUT2D eigenvalue weighted by Crippen LogP contribution is -2.46. The van der Waals surface area contributed by atoms with E-state index in [0.29, 0.717) is 18.1 Å². The predicted molar refractivity (Wildman–Crippen MR) is 109 cm³/mol. The number of aliphatic imine (C=N–C) groups is 1. The normalized spacial score (nSPS) is 17.7. The summed E-state index contributed by atoms with van der Waals surface area (Å²) >= 11 is 0. The van der Waals surface area contributed by atoms with E-state index in [-0.39, 0.29) is 30.2 Å². The SMILES string of the molecule is CC(NC(=NCc1ccc([N+](=O)[O-])cc1)NCc1ccccc1F)C1CCCO1. The Bertz CT molecular complexity index is 851. The van der Waals surface area contributed by atoms with Gasteiger partial charge < -0.3 is 15.4 Å². The molecule has 0 bridgehead atoms. The molecule has 0 amide bonds. The molecule has 8 heteroatoms. The number of benzene rings is 2. The van der Waals surface area contributed by atoms with Crippen LogP contribution in [0, 0.1) is 15.9 Å². The minimum atomic E-state index is -0.431. The van der Waals surface area contributed by atoms with E-state index in [0.717, 1.165) is 25.0 Å². The second-order valence-electron chi connectivity index (χ2n) is 7.02. The molecule has 0 radical (unpaired) electrons. The first kappa shape index (κ1) is 20.7. The van der Waals surface area contributed by atoms with Crippen LogP contribution in [0.5, 0.6) is 0 Å². The fourth-order valence-corrected chi connectivity index (χ4v) is 3.17. The molecule has 2 aromatic carbocycles. The van der Waals surface area contributed by atoms with Gasteiger partial charge in [0.15, 0.2) is 5.96 Å². The van der Waals surface area contributed by atoms with E-state index in [2.05, 4.69) is 15.6 Å². The van der Waals surface area contributed by atoms with Gasteiger partial charge in [0, 0.05) is 30.8 Å². The summed E-state index contributed by atoms with van der Waals surface area (Å²) in [7, 11) is 0. The highest BCUT2D eigenvalue weighted by Gasteiger charge is 2.23. The average molecular weight is 400 g/mol. The largest absolute Gasteiger partial charge is 0.376 e. The summed E-state index contributed by atoms with van der Waals surface area (Å²) in [6.45, 7) is 3.41. The van der Waals surface area contributed by atoms with Crippen molar-refractivity contribution < 1.29 is 14.1 Å². The Morgan fingerprint density at radius 3 is 2.72 bits per heavy atom. The number of hydrogen-bond donors (Lipinski definition) is 2. The lowest BCUT2D eigenvalue weighted by molar-refractivity contribution is -0.384. The predicted octanol–water partition coefficient (Wildman–Crippen LogP) is 3.54. The average Bonchev–Trinajstić information content (AvgIpc) is 3.26. The molecule has 3 rings (SSSR count). The summed E-state index contributed by atoms with van der Waals surface area (Å²) in [4.78, 5) is 14.9. The van der Waals surface area contributed by atoms with E-state index in [4.69, 9.17) is 4.74 Å². The number of guanidine groups is 1. The minimum absolute atomic E-state index is 0.0424. The van der Waals surface area contributed by atoms with Crippen molar-refractivity contribution in [3.63, 3.8) is 0 Å². The highest BCUT2D eigenvalue weighted by molar-refractivity contribution is 5.80. The van der Waals surface area contributed by atoms with Crippen molar-refractivity contribution in [1.82, 2.24) is 10.6 Å². The standard InChI is InChI=1S/C21H25FN4O3/c1-15(20-7-4-12-29-20)25-21(24-14-17-5-2-3-6-19(17)22)23-13-16-8-10-18(11-9-16)26(27)28/h2-3,5-6,8-11,15,20H,4,7,12-14H2,1H3,(H2,23,24,25). The molecule has 7 nitrogen and oxygen atoms in total. The smallest absolute Gasteiger partial charge is 0.269 e. The first-order valence-corrected chi connectivity index (χ1v) is 9.66. The Balaban J connectivity index is 1.68. The van der Waals surface area contributed by atoms with Crippen LogP contribution in [0.2, 0.25) is 0 Å². The molecule has 1 aliphatic heterocycles. The molecule has 0 aliphatic carbocycles. The summed E-state index contributed by atoms with van der Waals surface area (Å²) in [5.41, 5.74) is 1.43. The fourth-order valence-electron chi connectivity index (χ4n) is 3.17. The summed E-state index contributed by atoms with van der Waals surface area (Å²) < 4.78 is 19.7. The maximum Gasteiger partial charge on any atom is 0.269 e. The first-order valence-electron chi connectivity index (χ1n) is 9.66. The summed E-state index contributed by atoms with van der Waals surface area (Å²) in [5.74, 6) is 0.261. The molecule has 1 fully saturated rings. The molecule has 1 saturated heterocycles. The van der Waals surface area contributed by atoms with Crippen molar-refractivity contribution in [2.75, 3.05) is 6.61 Å². The third-order valence-electron chi connectivity index (χ3n) is 4.86. The zero-order valence-electron chi connectivity index (χ0n) is 16.3. The van der Waals surface area contributed by atoms with E-state index in [1.165, 1.54) is 18.2 Å². The molecule has 29 heavy (non-hydrogen) atoms. The van der Waals surface area contributed by atoms with E-state index < -0.39 is 4.92 Å². The molecule has 2 aromatic rings. The zero-order chi connectivity index (χ0) is 20.6. The molecule has 0 aromatic heterocycles. The summed E-state index contributed by atoms with van der Waals surface area (Å²) in [6, 6.07) is 12.9. The number of nitro groups is 1. The number of ether oxygens (including phenoxy) is 1. The molecular weight excluding hydrogens is 375 g/mol. The molecule has 1 aliphatic rings. The minimum Gasteiger partial charge on any atom is -0.376 e. The lowest BCUT2D eigenvalue weighted by atomic mass is 10.1. The Kier molecular flexibility index (Phi) is 7.13.